The predicted molar refractivity (Wildman–Crippen MR) is 135 cm³/mol. The van der Waals surface area contributed by atoms with Crippen LogP contribution >= 0.6 is 12.6 Å². The second kappa shape index (κ2) is 14.9. The van der Waals surface area contributed by atoms with Crippen LogP contribution < -0.4 is 27.4 Å². The molecule has 36 heavy (non-hydrogen) atoms. The van der Waals surface area contributed by atoms with Crippen molar-refractivity contribution in [2.75, 3.05) is 5.75 Å². The Bertz CT molecular complexity index is 926. The van der Waals surface area contributed by atoms with Crippen molar-refractivity contribution in [2.24, 2.45) is 17.4 Å². The summed E-state index contributed by atoms with van der Waals surface area (Å²) in [4.78, 5) is 61.1. The van der Waals surface area contributed by atoms with Gasteiger partial charge < -0.3 is 37.6 Å². The summed E-state index contributed by atoms with van der Waals surface area (Å²) < 4.78 is 0. The Labute approximate surface area is 215 Å². The first kappa shape index (κ1) is 30.7. The lowest BCUT2D eigenvalue weighted by Crippen LogP contribution is -2.58. The van der Waals surface area contributed by atoms with Gasteiger partial charge in [-0.1, -0.05) is 26.0 Å². The molecule has 4 unspecified atom stereocenters. The fourth-order valence-electron chi connectivity index (χ4n) is 3.23. The van der Waals surface area contributed by atoms with Crippen molar-refractivity contribution in [3.8, 4) is 5.75 Å². The summed E-state index contributed by atoms with van der Waals surface area (Å²) in [6, 6.07) is 1.30. The van der Waals surface area contributed by atoms with Crippen molar-refractivity contribution in [2.45, 2.75) is 63.7 Å². The second-order valence-corrected chi connectivity index (χ2v) is 9.18. The van der Waals surface area contributed by atoms with Gasteiger partial charge in [-0.15, -0.1) is 0 Å². The van der Waals surface area contributed by atoms with Crippen LogP contribution in [0.1, 0.15) is 38.7 Å². The number of hydrogen-bond acceptors (Lipinski definition) is 8. The third-order valence-corrected chi connectivity index (χ3v) is 5.57. The van der Waals surface area contributed by atoms with E-state index in [1.54, 1.807) is 12.1 Å². The number of rotatable bonds is 15. The van der Waals surface area contributed by atoms with Gasteiger partial charge in [-0.05, 0) is 36.5 Å². The normalized spacial score (nSPS) is 14.2. The van der Waals surface area contributed by atoms with Crippen LogP contribution in [-0.2, 0) is 30.4 Å². The highest BCUT2D eigenvalue weighted by Crippen LogP contribution is 2.13. The summed E-state index contributed by atoms with van der Waals surface area (Å²) in [6.45, 7) is 3.70. The van der Waals surface area contributed by atoms with Crippen LogP contribution in [0.25, 0.3) is 0 Å². The van der Waals surface area contributed by atoms with E-state index in [1.807, 2.05) is 13.8 Å². The third kappa shape index (κ3) is 11.0. The van der Waals surface area contributed by atoms with Crippen LogP contribution in [0.5, 0.6) is 5.75 Å². The highest BCUT2D eigenvalue weighted by molar-refractivity contribution is 7.80. The van der Waals surface area contributed by atoms with E-state index < -0.39 is 53.8 Å². The molecule has 0 radical (unpaired) electrons. The Hall–Kier alpha value is -3.32. The molecule has 0 saturated heterocycles. The maximum atomic E-state index is 13.1. The number of carboxylic acids is 1. The lowest BCUT2D eigenvalue weighted by molar-refractivity contribution is -0.142. The van der Waals surface area contributed by atoms with Gasteiger partial charge in [0.25, 0.3) is 0 Å². The minimum atomic E-state index is -1.41. The topological polar surface area (TPSA) is 214 Å². The van der Waals surface area contributed by atoms with E-state index in [9.17, 15) is 34.2 Å². The van der Waals surface area contributed by atoms with Gasteiger partial charge in [-0.2, -0.15) is 12.6 Å². The van der Waals surface area contributed by atoms with E-state index >= 15 is 0 Å². The summed E-state index contributed by atoms with van der Waals surface area (Å²) >= 11 is 3.99. The van der Waals surface area contributed by atoms with Crippen LogP contribution in [0.2, 0.25) is 0 Å². The zero-order chi connectivity index (χ0) is 27.4. The average molecular weight is 526 g/mol. The molecular weight excluding hydrogens is 490 g/mol. The number of carbonyl (C=O) groups excluding carboxylic acids is 4. The molecule has 0 fully saturated rings. The molecule has 13 heteroatoms. The number of nitrogens with two attached hydrogens (primary N) is 2. The second-order valence-electron chi connectivity index (χ2n) is 8.82. The summed E-state index contributed by atoms with van der Waals surface area (Å²) in [6.07, 6.45) is -0.288. The lowest BCUT2D eigenvalue weighted by Gasteiger charge is -2.26. The molecule has 0 aromatic heterocycles. The van der Waals surface area contributed by atoms with Crippen LogP contribution in [-0.4, -0.2) is 69.7 Å². The van der Waals surface area contributed by atoms with Gasteiger partial charge >= 0.3 is 5.97 Å². The SMILES string of the molecule is CC(C)CC(NC(=O)C(N)CS)C(=O)NC(Cc1ccc(O)cc1)C(=O)NC(CCC(N)=O)C(=O)O. The molecule has 0 spiro atoms. The largest absolute Gasteiger partial charge is 0.508 e. The molecule has 0 aliphatic heterocycles. The minimum absolute atomic E-state index is 0.00131. The number of aliphatic carboxylic acids is 1. The summed E-state index contributed by atoms with van der Waals surface area (Å²) in [5.41, 5.74) is 11.4. The molecule has 0 heterocycles. The van der Waals surface area contributed by atoms with Crippen LogP contribution in [0, 0.1) is 5.92 Å². The van der Waals surface area contributed by atoms with Crippen molar-refractivity contribution in [1.29, 1.82) is 0 Å². The fraction of sp³-hybridized carbons (Fsp3) is 0.522. The number of amides is 4. The van der Waals surface area contributed by atoms with Crippen molar-refractivity contribution < 1.29 is 34.2 Å². The number of aromatic hydroxyl groups is 1. The molecule has 0 aliphatic carbocycles. The van der Waals surface area contributed by atoms with E-state index in [0.29, 0.717) is 5.56 Å². The van der Waals surface area contributed by atoms with Crippen LogP contribution in [0.15, 0.2) is 24.3 Å². The Morgan fingerprint density at radius 1 is 0.917 bits per heavy atom. The van der Waals surface area contributed by atoms with Crippen molar-refractivity contribution >= 4 is 42.2 Å². The van der Waals surface area contributed by atoms with Crippen LogP contribution in [0.4, 0.5) is 0 Å². The van der Waals surface area contributed by atoms with Gasteiger partial charge in [0.15, 0.2) is 0 Å². The standard InChI is InChI=1S/C23H35N5O7S/c1-12(2)9-17(27-20(31)15(24)11-36)21(32)28-18(10-13-3-5-14(29)6-4-13)22(33)26-16(23(34)35)7-8-19(25)30/h3-6,12,15-18,29,36H,7-11,24H2,1-2H3,(H2,25,30)(H,26,33)(H,27,31)(H,28,32)(H,34,35). The quantitative estimate of drug-likeness (QED) is 0.133. The molecule has 0 bridgehead atoms. The van der Waals surface area contributed by atoms with Gasteiger partial charge in [0.1, 0.15) is 23.9 Å². The van der Waals surface area contributed by atoms with E-state index in [0.717, 1.165) is 0 Å². The first-order chi connectivity index (χ1) is 16.8. The van der Waals surface area contributed by atoms with Crippen molar-refractivity contribution in [3.05, 3.63) is 29.8 Å². The van der Waals surface area contributed by atoms with Crippen molar-refractivity contribution in [1.82, 2.24) is 16.0 Å². The summed E-state index contributed by atoms with van der Waals surface area (Å²) in [7, 11) is 0. The van der Waals surface area contributed by atoms with Gasteiger partial charge in [0, 0.05) is 18.6 Å². The molecule has 12 nitrogen and oxygen atoms in total. The van der Waals surface area contributed by atoms with Crippen molar-refractivity contribution in [3.63, 3.8) is 0 Å². The maximum Gasteiger partial charge on any atom is 0.326 e. The molecule has 4 amide bonds. The zero-order valence-corrected chi connectivity index (χ0v) is 21.2. The minimum Gasteiger partial charge on any atom is -0.508 e. The van der Waals surface area contributed by atoms with Gasteiger partial charge in [-0.3, -0.25) is 19.2 Å². The number of nitrogens with one attached hydrogen (secondary N) is 3. The predicted octanol–water partition coefficient (Wildman–Crippen LogP) is -0.958. The molecule has 1 aromatic carbocycles. The number of carbonyl (C=O) groups is 5. The van der Waals surface area contributed by atoms with Gasteiger partial charge in [0.2, 0.25) is 23.6 Å². The van der Waals surface area contributed by atoms with Gasteiger partial charge in [0.05, 0.1) is 6.04 Å². The molecule has 1 rings (SSSR count). The molecule has 9 N–H and O–H groups in total. The Morgan fingerprint density at radius 3 is 1.94 bits per heavy atom. The molecule has 0 saturated carbocycles. The number of carboxylic acid groups (broad SMARTS) is 1. The number of benzene rings is 1. The Balaban J connectivity index is 3.15. The summed E-state index contributed by atoms with van der Waals surface area (Å²) in [5, 5.41) is 26.4. The third-order valence-electron chi connectivity index (χ3n) is 5.18. The molecule has 4 atom stereocenters. The molecule has 200 valence electrons. The first-order valence-corrected chi connectivity index (χ1v) is 12.0. The average Bonchev–Trinajstić information content (AvgIpc) is 2.80. The molecule has 0 aliphatic rings. The first-order valence-electron chi connectivity index (χ1n) is 11.4. The van der Waals surface area contributed by atoms with E-state index in [-0.39, 0.29) is 43.1 Å². The number of thiol groups is 1. The summed E-state index contributed by atoms with van der Waals surface area (Å²) in [5.74, 6) is -4.08. The van der Waals surface area contributed by atoms with E-state index in [2.05, 4.69) is 28.6 Å². The number of hydrogen-bond donors (Lipinski definition) is 8. The molecular formula is C23H35N5O7S. The maximum absolute atomic E-state index is 13.1. The Morgan fingerprint density at radius 2 is 1.44 bits per heavy atom. The van der Waals surface area contributed by atoms with Gasteiger partial charge in [-0.25, -0.2) is 4.79 Å². The highest BCUT2D eigenvalue weighted by Gasteiger charge is 2.31. The fourth-order valence-corrected chi connectivity index (χ4v) is 3.40. The number of phenolic OH excluding ortho intramolecular Hbond substituents is 1. The zero-order valence-electron chi connectivity index (χ0n) is 20.3. The lowest BCUT2D eigenvalue weighted by atomic mass is 10.0. The molecule has 1 aromatic rings. The van der Waals surface area contributed by atoms with E-state index in [1.165, 1.54) is 12.1 Å². The number of primary amides is 1. The number of phenols is 1. The smallest absolute Gasteiger partial charge is 0.326 e. The Kier molecular flexibility index (Phi) is 12.7. The monoisotopic (exact) mass is 525 g/mol. The highest BCUT2D eigenvalue weighted by atomic mass is 32.1. The van der Waals surface area contributed by atoms with Crippen LogP contribution in [0.3, 0.4) is 0 Å². The van der Waals surface area contributed by atoms with E-state index in [4.69, 9.17) is 11.5 Å².